The van der Waals surface area contributed by atoms with Gasteiger partial charge in [0.1, 0.15) is 5.50 Å². The van der Waals surface area contributed by atoms with Gasteiger partial charge in [0.15, 0.2) is 0 Å². The van der Waals surface area contributed by atoms with E-state index < -0.39 is 0 Å². The predicted octanol–water partition coefficient (Wildman–Crippen LogP) is 2.47. The Morgan fingerprint density at radius 2 is 2.25 bits per heavy atom. The number of hydrogen-bond acceptors (Lipinski definition) is 1. The van der Waals surface area contributed by atoms with Gasteiger partial charge in [0, 0.05) is 6.42 Å². The van der Waals surface area contributed by atoms with Crippen LogP contribution in [0.15, 0.2) is 0 Å². The average molecular weight is 191 g/mol. The molecule has 0 spiro atoms. The van der Waals surface area contributed by atoms with Gasteiger partial charge in [0.25, 0.3) is 0 Å². The molecule has 3 heteroatoms. The van der Waals surface area contributed by atoms with Crippen LogP contribution in [0.25, 0.3) is 0 Å². The van der Waals surface area contributed by atoms with Crippen molar-refractivity contribution >= 4 is 17.5 Å². The molecule has 0 aromatic heterocycles. The quantitative estimate of drug-likeness (QED) is 0.389. The summed E-state index contributed by atoms with van der Waals surface area (Å²) in [5.74, 6) is 0.0344. The zero-order valence-corrected chi connectivity index (χ0v) is 8.36. The topological polar surface area (TPSA) is 29.1 Å². The third-order valence-corrected chi connectivity index (χ3v) is 1.91. The van der Waals surface area contributed by atoms with E-state index in [-0.39, 0.29) is 11.4 Å². The Kier molecular flexibility index (Phi) is 7.26. The molecule has 0 bridgehead atoms. The largest absolute Gasteiger partial charge is 0.340 e. The van der Waals surface area contributed by atoms with Crippen LogP contribution in [0.2, 0.25) is 0 Å². The lowest BCUT2D eigenvalue weighted by atomic mass is 10.2. The third-order valence-electron chi connectivity index (χ3n) is 1.58. The molecule has 0 aromatic rings. The van der Waals surface area contributed by atoms with Crippen molar-refractivity contribution in [3.05, 3.63) is 6.92 Å². The summed E-state index contributed by atoms with van der Waals surface area (Å²) in [5.41, 5.74) is -0.306. The van der Waals surface area contributed by atoms with Crippen LogP contribution in [-0.2, 0) is 4.79 Å². The summed E-state index contributed by atoms with van der Waals surface area (Å²) in [4.78, 5) is 11.1. The highest BCUT2D eigenvalue weighted by atomic mass is 35.5. The van der Waals surface area contributed by atoms with Crippen LogP contribution in [0.4, 0.5) is 0 Å². The van der Waals surface area contributed by atoms with Gasteiger partial charge in [-0.05, 0) is 12.8 Å². The zero-order valence-electron chi connectivity index (χ0n) is 7.61. The van der Waals surface area contributed by atoms with E-state index >= 15 is 0 Å². The van der Waals surface area contributed by atoms with Crippen LogP contribution in [0.3, 0.4) is 0 Å². The molecule has 0 rings (SSSR count). The van der Waals surface area contributed by atoms with E-state index in [1.54, 1.807) is 0 Å². The first-order chi connectivity index (χ1) is 5.70. The van der Waals surface area contributed by atoms with Gasteiger partial charge >= 0.3 is 0 Å². The van der Waals surface area contributed by atoms with Gasteiger partial charge in [0.2, 0.25) is 5.91 Å². The van der Waals surface area contributed by atoms with Gasteiger partial charge in [-0.3, -0.25) is 4.79 Å². The van der Waals surface area contributed by atoms with E-state index in [2.05, 4.69) is 19.2 Å². The maximum atomic E-state index is 11.1. The molecule has 1 N–H and O–H groups in total. The summed E-state index contributed by atoms with van der Waals surface area (Å²) in [5, 5.41) is 2.65. The molecule has 1 atom stereocenters. The number of rotatable bonds is 6. The Bertz CT molecular complexity index is 128. The summed E-state index contributed by atoms with van der Waals surface area (Å²) in [6.07, 6.45) is 4.29. The number of hydrogen-bond donors (Lipinski definition) is 1. The van der Waals surface area contributed by atoms with E-state index in [0.29, 0.717) is 12.8 Å². The van der Waals surface area contributed by atoms with Crippen LogP contribution in [0.5, 0.6) is 0 Å². The highest BCUT2D eigenvalue weighted by molar-refractivity contribution is 6.21. The molecule has 0 aliphatic heterocycles. The van der Waals surface area contributed by atoms with Gasteiger partial charge < -0.3 is 5.32 Å². The van der Waals surface area contributed by atoms with E-state index in [4.69, 9.17) is 11.6 Å². The molecule has 0 fully saturated rings. The van der Waals surface area contributed by atoms with Gasteiger partial charge in [-0.2, -0.15) is 0 Å². The minimum atomic E-state index is -0.306. The van der Waals surface area contributed by atoms with Crippen molar-refractivity contribution in [3.8, 4) is 0 Å². The normalized spacial score (nSPS) is 12.6. The lowest BCUT2D eigenvalue weighted by Gasteiger charge is -2.08. The molecular formula is C9H17ClNO. The van der Waals surface area contributed by atoms with Gasteiger partial charge in [-0.1, -0.05) is 38.3 Å². The summed E-state index contributed by atoms with van der Waals surface area (Å²) in [7, 11) is 0. The van der Waals surface area contributed by atoms with Crippen molar-refractivity contribution in [2.45, 2.75) is 44.5 Å². The minimum absolute atomic E-state index is 0.0344. The Balaban J connectivity index is 3.33. The second-order valence-corrected chi connectivity index (χ2v) is 3.31. The lowest BCUT2D eigenvalue weighted by molar-refractivity contribution is -0.121. The molecule has 0 aromatic carbocycles. The highest BCUT2D eigenvalue weighted by Gasteiger charge is 2.05. The average Bonchev–Trinajstić information content (AvgIpc) is 2.05. The fraction of sp³-hybridized carbons (Fsp3) is 0.778. The number of amides is 1. The molecule has 0 aliphatic rings. The molecule has 0 saturated heterocycles. The lowest BCUT2D eigenvalue weighted by Crippen LogP contribution is -2.29. The highest BCUT2D eigenvalue weighted by Crippen LogP contribution is 2.01. The molecule has 1 amide bonds. The summed E-state index contributed by atoms with van der Waals surface area (Å²) >= 11 is 5.68. The second-order valence-electron chi connectivity index (χ2n) is 2.78. The van der Waals surface area contributed by atoms with Crippen LogP contribution < -0.4 is 5.32 Å². The summed E-state index contributed by atoms with van der Waals surface area (Å²) in [6.45, 7) is 5.70. The van der Waals surface area contributed by atoms with Gasteiger partial charge in [-0.25, -0.2) is 0 Å². The number of unbranched alkanes of at least 4 members (excludes halogenated alkanes) is 2. The van der Waals surface area contributed by atoms with Crippen molar-refractivity contribution in [2.24, 2.45) is 0 Å². The van der Waals surface area contributed by atoms with Crippen molar-refractivity contribution < 1.29 is 4.79 Å². The smallest absolute Gasteiger partial charge is 0.221 e. The molecular weight excluding hydrogens is 174 g/mol. The van der Waals surface area contributed by atoms with Gasteiger partial charge in [0.05, 0.1) is 0 Å². The first-order valence-electron chi connectivity index (χ1n) is 4.43. The maximum absolute atomic E-state index is 11.1. The molecule has 0 heterocycles. The molecule has 0 saturated carbocycles. The van der Waals surface area contributed by atoms with Crippen molar-refractivity contribution in [1.29, 1.82) is 0 Å². The molecule has 12 heavy (non-hydrogen) atoms. The first-order valence-corrected chi connectivity index (χ1v) is 4.87. The van der Waals surface area contributed by atoms with E-state index in [9.17, 15) is 4.79 Å². The second kappa shape index (κ2) is 7.41. The Labute approximate surface area is 79.7 Å². The van der Waals surface area contributed by atoms with E-state index in [1.807, 2.05) is 0 Å². The number of halogens is 1. The SMILES string of the molecule is [CH2]CC(Cl)NC(=O)CCCCC. The van der Waals surface area contributed by atoms with Crippen LogP contribution >= 0.6 is 11.6 Å². The van der Waals surface area contributed by atoms with Gasteiger partial charge in [-0.15, -0.1) is 0 Å². The molecule has 0 aliphatic carbocycles. The van der Waals surface area contributed by atoms with Crippen molar-refractivity contribution in [3.63, 3.8) is 0 Å². The van der Waals surface area contributed by atoms with E-state index in [0.717, 1.165) is 19.3 Å². The first kappa shape index (κ1) is 11.8. The number of carbonyl (C=O) groups excluding carboxylic acids is 1. The van der Waals surface area contributed by atoms with Crippen LogP contribution in [-0.4, -0.2) is 11.4 Å². The Morgan fingerprint density at radius 3 is 2.75 bits per heavy atom. The molecule has 71 valence electrons. The summed E-state index contributed by atoms with van der Waals surface area (Å²) < 4.78 is 0. The number of carbonyl (C=O) groups is 1. The standard InChI is InChI=1S/C9H17ClNO/c1-3-5-6-7-9(12)11-8(10)4-2/h8H,2-7H2,1H3,(H,11,12). The van der Waals surface area contributed by atoms with Crippen molar-refractivity contribution in [2.75, 3.05) is 0 Å². The van der Waals surface area contributed by atoms with Crippen LogP contribution in [0.1, 0.15) is 39.0 Å². The minimum Gasteiger partial charge on any atom is -0.340 e. The molecule has 2 nitrogen and oxygen atoms in total. The Hall–Kier alpha value is -0.240. The zero-order chi connectivity index (χ0) is 9.40. The molecule has 1 radical (unpaired) electrons. The van der Waals surface area contributed by atoms with Crippen LogP contribution in [0, 0.1) is 6.92 Å². The number of alkyl halides is 1. The fourth-order valence-corrected chi connectivity index (χ4v) is 0.976. The Morgan fingerprint density at radius 1 is 1.58 bits per heavy atom. The summed E-state index contributed by atoms with van der Waals surface area (Å²) in [6, 6.07) is 0. The monoisotopic (exact) mass is 190 g/mol. The van der Waals surface area contributed by atoms with Crippen molar-refractivity contribution in [1.82, 2.24) is 5.32 Å². The van der Waals surface area contributed by atoms with E-state index in [1.165, 1.54) is 0 Å². The predicted molar refractivity (Wildman–Crippen MR) is 51.9 cm³/mol. The molecule has 1 unspecified atom stereocenters. The maximum Gasteiger partial charge on any atom is 0.221 e. The number of nitrogens with one attached hydrogen (secondary N) is 1. The fourth-order valence-electron chi connectivity index (χ4n) is 0.855. The third kappa shape index (κ3) is 6.47.